The molecule has 0 saturated heterocycles. The van der Waals surface area contributed by atoms with Gasteiger partial charge < -0.3 is 11.1 Å². The molecule has 0 radical (unpaired) electrons. The largest absolute Gasteiger partial charge is 0.330 e. The van der Waals surface area contributed by atoms with E-state index >= 15 is 0 Å². The molecule has 1 atom stereocenters. The molecule has 3 heteroatoms. The Balaban J connectivity index is 2.22. The number of amides is 1. The summed E-state index contributed by atoms with van der Waals surface area (Å²) in [6.07, 6.45) is 0. The highest BCUT2D eigenvalue weighted by atomic mass is 16.1. The third kappa shape index (κ3) is 3.42. The Morgan fingerprint density at radius 3 is 2.16 bits per heavy atom. The van der Waals surface area contributed by atoms with Crippen molar-refractivity contribution in [2.24, 2.45) is 5.73 Å². The fraction of sp³-hybridized carbons (Fsp3) is 0.188. The highest BCUT2D eigenvalue weighted by Gasteiger charge is 2.11. The predicted molar refractivity (Wildman–Crippen MR) is 78.1 cm³/mol. The Labute approximate surface area is 113 Å². The quantitative estimate of drug-likeness (QED) is 0.881. The molecule has 3 nitrogen and oxygen atoms in total. The predicted octanol–water partition coefficient (Wildman–Crippen LogP) is 2.74. The van der Waals surface area contributed by atoms with Crippen molar-refractivity contribution in [3.8, 4) is 0 Å². The maximum atomic E-state index is 11.0. The molecule has 2 rings (SSSR count). The topological polar surface area (TPSA) is 55.1 Å². The van der Waals surface area contributed by atoms with Gasteiger partial charge in [0.15, 0.2) is 0 Å². The summed E-state index contributed by atoms with van der Waals surface area (Å²) in [4.78, 5) is 11.0. The first-order chi connectivity index (χ1) is 9.20. The van der Waals surface area contributed by atoms with Crippen LogP contribution in [-0.4, -0.2) is 12.5 Å². The minimum atomic E-state index is -0.0637. The van der Waals surface area contributed by atoms with Crippen molar-refractivity contribution in [1.82, 2.24) is 0 Å². The lowest BCUT2D eigenvalue weighted by Crippen LogP contribution is -2.14. The van der Waals surface area contributed by atoms with E-state index in [2.05, 4.69) is 17.4 Å². The summed E-state index contributed by atoms with van der Waals surface area (Å²) < 4.78 is 0. The highest BCUT2D eigenvalue weighted by molar-refractivity contribution is 5.88. The zero-order valence-electron chi connectivity index (χ0n) is 11.0. The van der Waals surface area contributed by atoms with Gasteiger partial charge in [0.1, 0.15) is 0 Å². The number of rotatable bonds is 4. The second-order valence-electron chi connectivity index (χ2n) is 4.50. The lowest BCUT2D eigenvalue weighted by Gasteiger charge is -2.16. The van der Waals surface area contributed by atoms with E-state index in [0.717, 1.165) is 11.3 Å². The van der Waals surface area contributed by atoms with Gasteiger partial charge in [0.25, 0.3) is 0 Å². The van der Waals surface area contributed by atoms with E-state index in [4.69, 9.17) is 5.73 Å². The van der Waals surface area contributed by atoms with E-state index in [0.29, 0.717) is 6.54 Å². The summed E-state index contributed by atoms with van der Waals surface area (Å²) in [5.41, 5.74) is 9.05. The Bertz CT molecular complexity index is 534. The number of hydrogen-bond acceptors (Lipinski definition) is 2. The minimum Gasteiger partial charge on any atom is -0.330 e. The van der Waals surface area contributed by atoms with Gasteiger partial charge in [-0.25, -0.2) is 0 Å². The van der Waals surface area contributed by atoms with Crippen molar-refractivity contribution < 1.29 is 4.79 Å². The average Bonchev–Trinajstić information content (AvgIpc) is 2.42. The average molecular weight is 254 g/mol. The Kier molecular flexibility index (Phi) is 4.31. The van der Waals surface area contributed by atoms with Crippen LogP contribution in [0.3, 0.4) is 0 Å². The first kappa shape index (κ1) is 13.3. The van der Waals surface area contributed by atoms with Gasteiger partial charge in [0.2, 0.25) is 5.91 Å². The van der Waals surface area contributed by atoms with Gasteiger partial charge >= 0.3 is 0 Å². The normalized spacial score (nSPS) is 11.9. The standard InChI is InChI=1S/C16H18N2O/c1-12(19)18-15-9-7-14(8-10-15)16(11-17)13-5-3-2-4-6-13/h2-10,16H,11,17H2,1H3,(H,18,19). The lowest BCUT2D eigenvalue weighted by atomic mass is 9.91. The van der Waals surface area contributed by atoms with Crippen LogP contribution in [0.1, 0.15) is 24.0 Å². The second-order valence-corrected chi connectivity index (χ2v) is 4.50. The lowest BCUT2D eigenvalue weighted by molar-refractivity contribution is -0.114. The van der Waals surface area contributed by atoms with Gasteiger partial charge in [-0.1, -0.05) is 42.5 Å². The van der Waals surface area contributed by atoms with Crippen LogP contribution < -0.4 is 11.1 Å². The van der Waals surface area contributed by atoms with Crippen LogP contribution in [0.25, 0.3) is 0 Å². The minimum absolute atomic E-state index is 0.0637. The fourth-order valence-corrected chi connectivity index (χ4v) is 2.15. The Morgan fingerprint density at radius 1 is 1.05 bits per heavy atom. The molecule has 98 valence electrons. The summed E-state index contributed by atoms with van der Waals surface area (Å²) in [6.45, 7) is 2.06. The van der Waals surface area contributed by atoms with E-state index in [1.54, 1.807) is 0 Å². The van der Waals surface area contributed by atoms with Crippen molar-refractivity contribution in [1.29, 1.82) is 0 Å². The molecule has 0 heterocycles. The molecule has 1 amide bonds. The number of hydrogen-bond donors (Lipinski definition) is 2. The van der Waals surface area contributed by atoms with E-state index in [9.17, 15) is 4.79 Å². The molecule has 2 aromatic rings. The van der Waals surface area contributed by atoms with Gasteiger partial charge in [-0.3, -0.25) is 4.79 Å². The van der Waals surface area contributed by atoms with Gasteiger partial charge in [0.05, 0.1) is 0 Å². The van der Waals surface area contributed by atoms with Crippen LogP contribution in [0.2, 0.25) is 0 Å². The van der Waals surface area contributed by atoms with Crippen molar-refractivity contribution in [2.75, 3.05) is 11.9 Å². The molecular weight excluding hydrogens is 236 g/mol. The summed E-state index contributed by atoms with van der Waals surface area (Å²) in [6, 6.07) is 18.0. The first-order valence-corrected chi connectivity index (χ1v) is 6.33. The maximum absolute atomic E-state index is 11.0. The Morgan fingerprint density at radius 2 is 1.63 bits per heavy atom. The van der Waals surface area contributed by atoms with E-state index in [1.807, 2.05) is 42.5 Å². The fourth-order valence-electron chi connectivity index (χ4n) is 2.15. The number of nitrogens with two attached hydrogens (primary N) is 1. The molecule has 19 heavy (non-hydrogen) atoms. The molecule has 3 N–H and O–H groups in total. The number of anilines is 1. The van der Waals surface area contributed by atoms with Gasteiger partial charge in [-0.2, -0.15) is 0 Å². The highest BCUT2D eigenvalue weighted by Crippen LogP contribution is 2.24. The van der Waals surface area contributed by atoms with Gasteiger partial charge in [-0.05, 0) is 23.3 Å². The van der Waals surface area contributed by atoms with Crippen LogP contribution in [0, 0.1) is 0 Å². The molecule has 0 bridgehead atoms. The van der Waals surface area contributed by atoms with Crippen LogP contribution in [0.15, 0.2) is 54.6 Å². The molecule has 0 aromatic heterocycles. The van der Waals surface area contributed by atoms with E-state index < -0.39 is 0 Å². The van der Waals surface area contributed by atoms with E-state index in [-0.39, 0.29) is 11.8 Å². The molecule has 0 aliphatic heterocycles. The second kappa shape index (κ2) is 6.16. The summed E-state index contributed by atoms with van der Waals surface area (Å²) in [5.74, 6) is 0.124. The van der Waals surface area contributed by atoms with Crippen LogP contribution in [-0.2, 0) is 4.79 Å². The molecular formula is C16H18N2O. The van der Waals surface area contributed by atoms with Crippen molar-refractivity contribution in [3.63, 3.8) is 0 Å². The zero-order valence-corrected chi connectivity index (χ0v) is 11.0. The number of nitrogens with one attached hydrogen (secondary N) is 1. The molecule has 0 spiro atoms. The molecule has 2 aromatic carbocycles. The number of carbonyl (C=O) groups excluding carboxylic acids is 1. The van der Waals surface area contributed by atoms with Gasteiger partial charge in [0, 0.05) is 25.1 Å². The SMILES string of the molecule is CC(=O)Nc1ccc(C(CN)c2ccccc2)cc1. The number of benzene rings is 2. The smallest absolute Gasteiger partial charge is 0.221 e. The number of carbonyl (C=O) groups is 1. The van der Waals surface area contributed by atoms with Crippen molar-refractivity contribution in [2.45, 2.75) is 12.8 Å². The van der Waals surface area contributed by atoms with Crippen molar-refractivity contribution in [3.05, 3.63) is 65.7 Å². The summed E-state index contributed by atoms with van der Waals surface area (Å²) in [5, 5.41) is 2.76. The monoisotopic (exact) mass is 254 g/mol. The summed E-state index contributed by atoms with van der Waals surface area (Å²) >= 11 is 0. The van der Waals surface area contributed by atoms with Gasteiger partial charge in [-0.15, -0.1) is 0 Å². The van der Waals surface area contributed by atoms with Crippen LogP contribution in [0.4, 0.5) is 5.69 Å². The summed E-state index contributed by atoms with van der Waals surface area (Å²) in [7, 11) is 0. The van der Waals surface area contributed by atoms with E-state index in [1.165, 1.54) is 12.5 Å². The van der Waals surface area contributed by atoms with Crippen molar-refractivity contribution >= 4 is 11.6 Å². The zero-order chi connectivity index (χ0) is 13.7. The molecule has 1 unspecified atom stereocenters. The first-order valence-electron chi connectivity index (χ1n) is 6.33. The third-order valence-corrected chi connectivity index (χ3v) is 3.07. The molecule has 0 aliphatic carbocycles. The molecule has 0 fully saturated rings. The molecule has 0 saturated carbocycles. The maximum Gasteiger partial charge on any atom is 0.221 e. The van der Waals surface area contributed by atoms with Crippen LogP contribution >= 0.6 is 0 Å². The Hall–Kier alpha value is -2.13. The van der Waals surface area contributed by atoms with Crippen LogP contribution in [0.5, 0.6) is 0 Å². The third-order valence-electron chi connectivity index (χ3n) is 3.07. The molecule has 0 aliphatic rings.